The molecule has 2 N–H and O–H groups in total. The SMILES string of the molecule is C1COCC2(CCOCC2)[NH2+]1. The highest BCUT2D eigenvalue weighted by molar-refractivity contribution is 4.81. The van der Waals surface area contributed by atoms with E-state index >= 15 is 0 Å². The molecule has 1 spiro atoms. The normalized spacial score (nSPS) is 30.5. The lowest BCUT2D eigenvalue weighted by molar-refractivity contribution is -0.747. The molecule has 0 saturated carbocycles. The summed E-state index contributed by atoms with van der Waals surface area (Å²) in [4.78, 5) is 0. The van der Waals surface area contributed by atoms with Gasteiger partial charge in [0.1, 0.15) is 12.1 Å². The number of nitrogens with two attached hydrogens (primary N) is 1. The fourth-order valence-corrected chi connectivity index (χ4v) is 1.91. The lowest BCUT2D eigenvalue weighted by Crippen LogP contribution is -3.01. The van der Waals surface area contributed by atoms with Crippen LogP contribution in [-0.2, 0) is 9.47 Å². The minimum absolute atomic E-state index is 0.385. The Balaban J connectivity index is 1.94. The molecule has 0 aromatic carbocycles. The molecule has 2 saturated heterocycles. The minimum Gasteiger partial charge on any atom is -0.381 e. The standard InChI is InChI=1S/C8H15NO2/c1-4-10-5-2-8(1)7-11-6-3-9-8/h9H,1-7H2/p+1. The van der Waals surface area contributed by atoms with E-state index in [4.69, 9.17) is 9.47 Å². The minimum atomic E-state index is 0.385. The van der Waals surface area contributed by atoms with Crippen LogP contribution in [0.3, 0.4) is 0 Å². The predicted octanol–water partition coefficient (Wildman–Crippen LogP) is -0.871. The summed E-state index contributed by atoms with van der Waals surface area (Å²) < 4.78 is 10.8. The first-order chi connectivity index (χ1) is 5.41. The molecule has 0 atom stereocenters. The summed E-state index contributed by atoms with van der Waals surface area (Å²) in [5.74, 6) is 0. The van der Waals surface area contributed by atoms with Crippen molar-refractivity contribution in [1.29, 1.82) is 0 Å². The van der Waals surface area contributed by atoms with E-state index in [0.717, 1.165) is 45.8 Å². The Morgan fingerprint density at radius 2 is 1.82 bits per heavy atom. The van der Waals surface area contributed by atoms with Crippen molar-refractivity contribution in [2.45, 2.75) is 18.4 Å². The zero-order chi connectivity index (χ0) is 7.57. The molecule has 2 aliphatic heterocycles. The highest BCUT2D eigenvalue weighted by Crippen LogP contribution is 2.17. The third kappa shape index (κ3) is 1.55. The molecule has 0 radical (unpaired) electrons. The van der Waals surface area contributed by atoms with Crippen LogP contribution in [0, 0.1) is 0 Å². The molecule has 0 unspecified atom stereocenters. The summed E-state index contributed by atoms with van der Waals surface area (Å²) in [7, 11) is 0. The van der Waals surface area contributed by atoms with Gasteiger partial charge in [-0.15, -0.1) is 0 Å². The molecule has 0 bridgehead atoms. The summed E-state index contributed by atoms with van der Waals surface area (Å²) in [6.07, 6.45) is 2.32. The molecule has 0 aromatic heterocycles. The fraction of sp³-hybridized carbons (Fsp3) is 1.00. The molecule has 2 aliphatic rings. The number of rotatable bonds is 0. The maximum atomic E-state index is 5.48. The molecule has 0 amide bonds. The monoisotopic (exact) mass is 158 g/mol. The fourth-order valence-electron chi connectivity index (χ4n) is 1.91. The quantitative estimate of drug-likeness (QED) is 0.497. The average molecular weight is 158 g/mol. The third-order valence-corrected chi connectivity index (χ3v) is 2.72. The van der Waals surface area contributed by atoms with Gasteiger partial charge in [0.2, 0.25) is 0 Å². The first-order valence-electron chi connectivity index (χ1n) is 4.41. The zero-order valence-corrected chi connectivity index (χ0v) is 6.84. The molecular weight excluding hydrogens is 142 g/mol. The zero-order valence-electron chi connectivity index (χ0n) is 6.84. The van der Waals surface area contributed by atoms with Crippen molar-refractivity contribution in [3.05, 3.63) is 0 Å². The highest BCUT2D eigenvalue weighted by atomic mass is 16.5. The summed E-state index contributed by atoms with van der Waals surface area (Å²) in [5, 5.41) is 2.44. The smallest absolute Gasteiger partial charge is 0.124 e. The highest BCUT2D eigenvalue weighted by Gasteiger charge is 2.38. The molecule has 2 fully saturated rings. The van der Waals surface area contributed by atoms with Crippen molar-refractivity contribution < 1.29 is 14.8 Å². The van der Waals surface area contributed by atoms with E-state index in [-0.39, 0.29) is 0 Å². The number of ether oxygens (including phenoxy) is 2. The Bertz CT molecular complexity index is 107. The van der Waals surface area contributed by atoms with E-state index in [1.54, 1.807) is 0 Å². The molecule has 2 rings (SSSR count). The van der Waals surface area contributed by atoms with Crippen molar-refractivity contribution >= 4 is 0 Å². The van der Waals surface area contributed by atoms with Crippen molar-refractivity contribution in [1.82, 2.24) is 0 Å². The van der Waals surface area contributed by atoms with Gasteiger partial charge in [0.15, 0.2) is 0 Å². The maximum absolute atomic E-state index is 5.48. The lowest BCUT2D eigenvalue weighted by Gasteiger charge is -2.37. The van der Waals surface area contributed by atoms with Crippen LogP contribution < -0.4 is 5.32 Å². The average Bonchev–Trinajstić information content (AvgIpc) is 2.07. The third-order valence-electron chi connectivity index (χ3n) is 2.72. The molecule has 0 aliphatic carbocycles. The van der Waals surface area contributed by atoms with Crippen LogP contribution in [0.5, 0.6) is 0 Å². The van der Waals surface area contributed by atoms with Gasteiger partial charge in [-0.2, -0.15) is 0 Å². The molecular formula is C8H16NO2+. The summed E-state index contributed by atoms with van der Waals surface area (Å²) in [6.45, 7) is 4.80. The van der Waals surface area contributed by atoms with Crippen LogP contribution in [0.4, 0.5) is 0 Å². The number of hydrogen-bond donors (Lipinski definition) is 1. The molecule has 3 nitrogen and oxygen atoms in total. The Hall–Kier alpha value is -0.120. The topological polar surface area (TPSA) is 35.1 Å². The second-order valence-corrected chi connectivity index (χ2v) is 3.52. The van der Waals surface area contributed by atoms with Crippen LogP contribution >= 0.6 is 0 Å². The van der Waals surface area contributed by atoms with E-state index in [9.17, 15) is 0 Å². The second kappa shape index (κ2) is 3.09. The van der Waals surface area contributed by atoms with Gasteiger partial charge in [-0.3, -0.25) is 0 Å². The summed E-state index contributed by atoms with van der Waals surface area (Å²) in [5.41, 5.74) is 0.385. The van der Waals surface area contributed by atoms with E-state index in [2.05, 4.69) is 5.32 Å². The van der Waals surface area contributed by atoms with Gasteiger partial charge in [0.05, 0.1) is 26.4 Å². The van der Waals surface area contributed by atoms with Crippen molar-refractivity contribution in [2.24, 2.45) is 0 Å². The van der Waals surface area contributed by atoms with Gasteiger partial charge in [0.25, 0.3) is 0 Å². The first-order valence-corrected chi connectivity index (χ1v) is 4.41. The number of morpholine rings is 1. The van der Waals surface area contributed by atoms with Gasteiger partial charge in [-0.1, -0.05) is 0 Å². The predicted molar refractivity (Wildman–Crippen MR) is 40.4 cm³/mol. The largest absolute Gasteiger partial charge is 0.381 e. The molecule has 11 heavy (non-hydrogen) atoms. The van der Waals surface area contributed by atoms with Crippen LogP contribution in [0.15, 0.2) is 0 Å². The Morgan fingerprint density at radius 1 is 1.00 bits per heavy atom. The number of quaternary nitrogens is 1. The molecule has 64 valence electrons. The van der Waals surface area contributed by atoms with Crippen molar-refractivity contribution in [3.63, 3.8) is 0 Å². The molecule has 2 heterocycles. The van der Waals surface area contributed by atoms with Gasteiger partial charge >= 0.3 is 0 Å². The summed E-state index contributed by atoms with van der Waals surface area (Å²) >= 11 is 0. The van der Waals surface area contributed by atoms with Crippen LogP contribution in [0.25, 0.3) is 0 Å². The van der Waals surface area contributed by atoms with Gasteiger partial charge in [-0.05, 0) is 0 Å². The van der Waals surface area contributed by atoms with Crippen LogP contribution in [0.2, 0.25) is 0 Å². The first kappa shape index (κ1) is 7.53. The number of hydrogen-bond acceptors (Lipinski definition) is 2. The van der Waals surface area contributed by atoms with E-state index < -0.39 is 0 Å². The molecule has 0 aromatic rings. The lowest BCUT2D eigenvalue weighted by atomic mass is 9.90. The Kier molecular flexibility index (Phi) is 2.11. The Labute approximate surface area is 67.1 Å². The van der Waals surface area contributed by atoms with E-state index in [1.807, 2.05) is 0 Å². The van der Waals surface area contributed by atoms with Gasteiger partial charge < -0.3 is 14.8 Å². The van der Waals surface area contributed by atoms with Gasteiger partial charge in [0, 0.05) is 12.8 Å². The molecule has 3 heteroatoms. The maximum Gasteiger partial charge on any atom is 0.124 e. The summed E-state index contributed by atoms with van der Waals surface area (Å²) in [6, 6.07) is 0. The van der Waals surface area contributed by atoms with Crippen molar-refractivity contribution in [2.75, 3.05) is 33.0 Å². The second-order valence-electron chi connectivity index (χ2n) is 3.52. The van der Waals surface area contributed by atoms with E-state index in [0.29, 0.717) is 5.54 Å². The Morgan fingerprint density at radius 3 is 2.45 bits per heavy atom. The van der Waals surface area contributed by atoms with Crippen LogP contribution in [-0.4, -0.2) is 38.5 Å². The van der Waals surface area contributed by atoms with Gasteiger partial charge in [-0.25, -0.2) is 0 Å². The van der Waals surface area contributed by atoms with Crippen molar-refractivity contribution in [3.8, 4) is 0 Å². The van der Waals surface area contributed by atoms with E-state index in [1.165, 1.54) is 0 Å². The van der Waals surface area contributed by atoms with Crippen LogP contribution in [0.1, 0.15) is 12.8 Å².